The predicted molar refractivity (Wildman–Crippen MR) is 60.0 cm³/mol. The second-order valence-electron chi connectivity index (χ2n) is 4.98. The van der Waals surface area contributed by atoms with Crippen LogP contribution in [-0.4, -0.2) is 42.6 Å². The van der Waals surface area contributed by atoms with E-state index in [0.29, 0.717) is 0 Å². The Kier molecular flexibility index (Phi) is 3.49. The quantitative estimate of drug-likeness (QED) is 0.683. The summed E-state index contributed by atoms with van der Waals surface area (Å²) >= 11 is 0. The minimum absolute atomic E-state index is 0.00940. The molecule has 5 nitrogen and oxygen atoms in total. The Morgan fingerprint density at radius 3 is 2.71 bits per heavy atom. The van der Waals surface area contributed by atoms with Gasteiger partial charge in [-0.3, -0.25) is 14.4 Å². The molecular formula is C12H19NO4. The Morgan fingerprint density at radius 1 is 1.41 bits per heavy atom. The van der Waals surface area contributed by atoms with E-state index in [-0.39, 0.29) is 23.7 Å². The number of hydroxylamine groups is 2. The normalized spacial score (nSPS) is 32.8. The maximum absolute atomic E-state index is 12.0. The molecule has 0 aromatic heterocycles. The van der Waals surface area contributed by atoms with Gasteiger partial charge in [-0.1, -0.05) is 13.8 Å². The van der Waals surface area contributed by atoms with E-state index in [9.17, 15) is 9.59 Å². The molecule has 0 saturated carbocycles. The van der Waals surface area contributed by atoms with Gasteiger partial charge in [0.2, 0.25) is 0 Å². The Morgan fingerprint density at radius 2 is 2.12 bits per heavy atom. The number of hydrogen-bond donors (Lipinski definition) is 0. The van der Waals surface area contributed by atoms with Crippen LogP contribution in [0.1, 0.15) is 26.7 Å². The van der Waals surface area contributed by atoms with Crippen LogP contribution in [0.25, 0.3) is 0 Å². The van der Waals surface area contributed by atoms with E-state index in [1.807, 2.05) is 13.8 Å². The first kappa shape index (κ1) is 12.5. The molecule has 0 radical (unpaired) electrons. The maximum Gasteiger partial charge on any atom is 0.313 e. The van der Waals surface area contributed by atoms with Crippen molar-refractivity contribution in [2.45, 2.75) is 38.8 Å². The van der Waals surface area contributed by atoms with Gasteiger partial charge in [0, 0.05) is 12.5 Å². The number of methoxy groups -OCH3 is 1. The first-order valence-electron chi connectivity index (χ1n) is 6.11. The number of fused-ring (bicyclic) bond motifs is 1. The number of Topliss-reactive ketones (excluding diaryl/α,β-unsaturated/α-hetero) is 1. The summed E-state index contributed by atoms with van der Waals surface area (Å²) in [5.74, 6) is -0.946. The van der Waals surface area contributed by atoms with E-state index in [1.165, 1.54) is 7.11 Å². The molecule has 2 heterocycles. The van der Waals surface area contributed by atoms with Gasteiger partial charge in [0.1, 0.15) is 5.92 Å². The fourth-order valence-electron chi connectivity index (χ4n) is 2.64. The summed E-state index contributed by atoms with van der Waals surface area (Å²) in [6, 6.07) is 0.00940. The average molecular weight is 241 g/mol. The van der Waals surface area contributed by atoms with Crippen LogP contribution in [0.2, 0.25) is 0 Å². The molecule has 96 valence electrons. The predicted octanol–water partition coefficient (Wildman–Crippen LogP) is 0.779. The molecule has 0 bridgehead atoms. The summed E-state index contributed by atoms with van der Waals surface area (Å²) in [5.41, 5.74) is 0. The molecule has 3 atom stereocenters. The van der Waals surface area contributed by atoms with E-state index < -0.39 is 12.0 Å². The van der Waals surface area contributed by atoms with Crippen molar-refractivity contribution < 1.29 is 19.2 Å². The van der Waals surface area contributed by atoms with Crippen molar-refractivity contribution >= 4 is 11.8 Å². The van der Waals surface area contributed by atoms with Gasteiger partial charge in [-0.25, -0.2) is 0 Å². The zero-order chi connectivity index (χ0) is 12.6. The summed E-state index contributed by atoms with van der Waals surface area (Å²) in [6.45, 7) is 4.44. The molecular weight excluding hydrogens is 222 g/mol. The van der Waals surface area contributed by atoms with E-state index in [4.69, 9.17) is 9.57 Å². The van der Waals surface area contributed by atoms with Gasteiger partial charge in [-0.2, -0.15) is 5.06 Å². The van der Waals surface area contributed by atoms with Crippen molar-refractivity contribution in [3.8, 4) is 0 Å². The van der Waals surface area contributed by atoms with Crippen LogP contribution in [0.3, 0.4) is 0 Å². The Balaban J connectivity index is 2.20. The molecule has 2 saturated heterocycles. The molecule has 0 unspecified atom stereocenters. The molecule has 0 aliphatic carbocycles. The van der Waals surface area contributed by atoms with Crippen molar-refractivity contribution in [2.24, 2.45) is 11.8 Å². The number of ether oxygens (including phenoxy) is 1. The van der Waals surface area contributed by atoms with Gasteiger partial charge >= 0.3 is 5.97 Å². The molecule has 2 rings (SSSR count). The number of carbonyl (C=O) groups excluding carboxylic acids is 2. The third-order valence-electron chi connectivity index (χ3n) is 3.56. The molecule has 0 aromatic carbocycles. The lowest BCUT2D eigenvalue weighted by molar-refractivity contribution is -0.169. The lowest BCUT2D eigenvalue weighted by atomic mass is 9.88. The molecule has 0 spiro atoms. The van der Waals surface area contributed by atoms with Crippen LogP contribution >= 0.6 is 0 Å². The minimum atomic E-state index is -0.659. The molecule has 2 fully saturated rings. The second kappa shape index (κ2) is 4.74. The molecule has 2 aliphatic rings. The summed E-state index contributed by atoms with van der Waals surface area (Å²) in [5, 5.41) is 1.78. The van der Waals surface area contributed by atoms with Crippen molar-refractivity contribution in [3.63, 3.8) is 0 Å². The van der Waals surface area contributed by atoms with Gasteiger partial charge in [-0.15, -0.1) is 0 Å². The van der Waals surface area contributed by atoms with Crippen molar-refractivity contribution in [1.29, 1.82) is 0 Å². The highest BCUT2D eigenvalue weighted by Crippen LogP contribution is 2.37. The van der Waals surface area contributed by atoms with Gasteiger partial charge in [0.05, 0.1) is 13.2 Å². The average Bonchev–Trinajstić information content (AvgIpc) is 2.85. The summed E-state index contributed by atoms with van der Waals surface area (Å²) < 4.78 is 4.80. The highest BCUT2D eigenvalue weighted by molar-refractivity contribution is 5.90. The number of esters is 1. The van der Waals surface area contributed by atoms with Gasteiger partial charge in [0.15, 0.2) is 11.9 Å². The number of ketones is 1. The Labute approximate surface area is 101 Å². The summed E-state index contributed by atoms with van der Waals surface area (Å²) in [4.78, 5) is 29.5. The van der Waals surface area contributed by atoms with E-state index in [2.05, 4.69) is 0 Å². The fraction of sp³-hybridized carbons (Fsp3) is 0.833. The highest BCUT2D eigenvalue weighted by atomic mass is 16.7. The van der Waals surface area contributed by atoms with Crippen LogP contribution in [0.4, 0.5) is 0 Å². The summed E-state index contributed by atoms with van der Waals surface area (Å²) in [6.07, 6.45) is 1.23. The zero-order valence-electron chi connectivity index (χ0n) is 10.5. The van der Waals surface area contributed by atoms with Crippen molar-refractivity contribution in [3.05, 3.63) is 0 Å². The van der Waals surface area contributed by atoms with Crippen LogP contribution in [0, 0.1) is 11.8 Å². The molecule has 5 heteroatoms. The first-order chi connectivity index (χ1) is 8.06. The number of hydrogen-bond acceptors (Lipinski definition) is 5. The van der Waals surface area contributed by atoms with E-state index >= 15 is 0 Å². The van der Waals surface area contributed by atoms with Crippen LogP contribution < -0.4 is 0 Å². The zero-order valence-corrected chi connectivity index (χ0v) is 10.5. The second-order valence-corrected chi connectivity index (χ2v) is 4.98. The first-order valence-corrected chi connectivity index (χ1v) is 6.11. The van der Waals surface area contributed by atoms with E-state index in [1.54, 1.807) is 5.06 Å². The lowest BCUT2D eigenvalue weighted by Gasteiger charge is -2.18. The molecule has 0 amide bonds. The minimum Gasteiger partial charge on any atom is -0.469 e. The smallest absolute Gasteiger partial charge is 0.313 e. The largest absolute Gasteiger partial charge is 0.469 e. The van der Waals surface area contributed by atoms with Crippen molar-refractivity contribution in [1.82, 2.24) is 5.06 Å². The fourth-order valence-corrected chi connectivity index (χ4v) is 2.64. The van der Waals surface area contributed by atoms with Gasteiger partial charge < -0.3 is 4.74 Å². The summed E-state index contributed by atoms with van der Waals surface area (Å²) in [7, 11) is 1.36. The third kappa shape index (κ3) is 2.09. The number of rotatable bonds is 3. The van der Waals surface area contributed by atoms with Crippen LogP contribution in [-0.2, 0) is 19.2 Å². The lowest BCUT2D eigenvalue weighted by Crippen LogP contribution is -2.39. The molecule has 0 aromatic rings. The Hall–Kier alpha value is -0.940. The monoisotopic (exact) mass is 241 g/mol. The topological polar surface area (TPSA) is 55.8 Å². The van der Waals surface area contributed by atoms with Crippen LogP contribution in [0.5, 0.6) is 0 Å². The maximum atomic E-state index is 12.0. The standard InChI is InChI=1S/C12H19NO4/c1-7(2)10(14)11-9(12(15)16-3)8-5-4-6-13(8)17-11/h7-9,11H,4-6H2,1-3H3/t8-,9+,11+/m1/s1. The van der Waals surface area contributed by atoms with E-state index in [0.717, 1.165) is 19.4 Å². The number of carbonyl (C=O) groups is 2. The van der Waals surface area contributed by atoms with Crippen molar-refractivity contribution in [2.75, 3.05) is 13.7 Å². The molecule has 2 aliphatic heterocycles. The van der Waals surface area contributed by atoms with Gasteiger partial charge in [0.25, 0.3) is 0 Å². The SMILES string of the molecule is COC(=O)[C@@H]1[C@@H](C(=O)C(C)C)ON2CCC[C@H]12. The Bertz CT molecular complexity index is 328. The molecule has 17 heavy (non-hydrogen) atoms. The van der Waals surface area contributed by atoms with Gasteiger partial charge in [-0.05, 0) is 12.8 Å². The molecule has 0 N–H and O–H groups in total. The number of nitrogens with zero attached hydrogens (tertiary/aromatic N) is 1. The highest BCUT2D eigenvalue weighted by Gasteiger charge is 2.52. The third-order valence-corrected chi connectivity index (χ3v) is 3.56. The van der Waals surface area contributed by atoms with Crippen LogP contribution in [0.15, 0.2) is 0 Å².